The number of carbonyl (C=O) groups excluding carboxylic acids is 1. The van der Waals surface area contributed by atoms with E-state index in [9.17, 15) is 4.79 Å². The van der Waals surface area contributed by atoms with Gasteiger partial charge >= 0.3 is 0 Å². The predicted molar refractivity (Wildman–Crippen MR) is 110 cm³/mol. The second kappa shape index (κ2) is 8.82. The largest absolute Gasteiger partial charge is 0.357 e. The van der Waals surface area contributed by atoms with E-state index in [0.717, 1.165) is 20.4 Å². The van der Waals surface area contributed by atoms with Crippen LogP contribution in [-0.4, -0.2) is 28.4 Å². The lowest BCUT2D eigenvalue weighted by atomic mass is 10.00. The SMILES string of the molecule is C=CCNc1nnc(SCC(=O)N[C@@H](C)c2cccc3ccccc23)s1. The zero-order chi connectivity index (χ0) is 18.4. The summed E-state index contributed by atoms with van der Waals surface area (Å²) in [5, 5.41) is 17.3. The molecule has 0 fully saturated rings. The van der Waals surface area contributed by atoms with Crippen LogP contribution in [0.25, 0.3) is 10.8 Å². The first-order valence-corrected chi connectivity index (χ1v) is 10.1. The van der Waals surface area contributed by atoms with E-state index in [1.54, 1.807) is 6.08 Å². The normalized spacial score (nSPS) is 11.9. The van der Waals surface area contributed by atoms with Crippen LogP contribution in [0.5, 0.6) is 0 Å². The number of hydrogen-bond donors (Lipinski definition) is 2. The van der Waals surface area contributed by atoms with Gasteiger partial charge in [-0.25, -0.2) is 0 Å². The summed E-state index contributed by atoms with van der Waals surface area (Å²) in [6, 6.07) is 14.3. The highest BCUT2D eigenvalue weighted by molar-refractivity contribution is 8.01. The van der Waals surface area contributed by atoms with Crippen LogP contribution in [0.1, 0.15) is 18.5 Å². The number of amides is 1. The molecule has 1 heterocycles. The van der Waals surface area contributed by atoms with Crippen molar-refractivity contribution in [1.29, 1.82) is 0 Å². The van der Waals surface area contributed by atoms with Crippen LogP contribution in [0.15, 0.2) is 59.5 Å². The van der Waals surface area contributed by atoms with Crippen molar-refractivity contribution in [3.8, 4) is 0 Å². The van der Waals surface area contributed by atoms with Crippen LogP contribution >= 0.6 is 23.1 Å². The summed E-state index contributed by atoms with van der Waals surface area (Å²) in [7, 11) is 0. The molecule has 0 radical (unpaired) electrons. The van der Waals surface area contributed by atoms with E-state index in [2.05, 4.69) is 51.7 Å². The molecule has 5 nitrogen and oxygen atoms in total. The first kappa shape index (κ1) is 18.4. The minimum Gasteiger partial charge on any atom is -0.357 e. The van der Waals surface area contributed by atoms with E-state index in [1.807, 2.05) is 25.1 Å². The van der Waals surface area contributed by atoms with Gasteiger partial charge in [0.15, 0.2) is 4.34 Å². The number of anilines is 1. The smallest absolute Gasteiger partial charge is 0.230 e. The van der Waals surface area contributed by atoms with Gasteiger partial charge in [0, 0.05) is 6.54 Å². The van der Waals surface area contributed by atoms with Crippen molar-refractivity contribution in [3.05, 3.63) is 60.7 Å². The zero-order valence-corrected chi connectivity index (χ0v) is 16.1. The number of aromatic nitrogens is 2. The van der Waals surface area contributed by atoms with Gasteiger partial charge in [0.1, 0.15) is 0 Å². The Morgan fingerprint density at radius 3 is 2.92 bits per heavy atom. The zero-order valence-electron chi connectivity index (χ0n) is 14.4. The van der Waals surface area contributed by atoms with E-state index in [1.165, 1.54) is 28.5 Å². The number of benzene rings is 2. The fourth-order valence-electron chi connectivity index (χ4n) is 2.62. The van der Waals surface area contributed by atoms with E-state index < -0.39 is 0 Å². The Labute approximate surface area is 160 Å². The molecule has 134 valence electrons. The minimum absolute atomic E-state index is 0.0220. The van der Waals surface area contributed by atoms with Gasteiger partial charge in [0.25, 0.3) is 0 Å². The Morgan fingerprint density at radius 2 is 2.08 bits per heavy atom. The third kappa shape index (κ3) is 4.62. The van der Waals surface area contributed by atoms with E-state index in [-0.39, 0.29) is 11.9 Å². The third-order valence-corrected chi connectivity index (χ3v) is 5.81. The Morgan fingerprint density at radius 1 is 1.27 bits per heavy atom. The van der Waals surface area contributed by atoms with Gasteiger partial charge < -0.3 is 10.6 Å². The Hall–Kier alpha value is -2.38. The Kier molecular flexibility index (Phi) is 6.25. The highest BCUT2D eigenvalue weighted by atomic mass is 32.2. The van der Waals surface area contributed by atoms with Gasteiger partial charge in [-0.2, -0.15) is 0 Å². The summed E-state index contributed by atoms with van der Waals surface area (Å²) in [5.74, 6) is 0.289. The van der Waals surface area contributed by atoms with Crippen LogP contribution < -0.4 is 10.6 Å². The molecule has 0 spiro atoms. The minimum atomic E-state index is -0.0616. The number of carbonyl (C=O) groups is 1. The number of thioether (sulfide) groups is 1. The molecule has 7 heteroatoms. The van der Waals surface area contributed by atoms with Crippen molar-refractivity contribution in [1.82, 2.24) is 15.5 Å². The molecule has 3 rings (SSSR count). The summed E-state index contributed by atoms with van der Waals surface area (Å²) in [4.78, 5) is 12.3. The number of rotatable bonds is 8. The van der Waals surface area contributed by atoms with E-state index >= 15 is 0 Å². The topological polar surface area (TPSA) is 66.9 Å². The highest BCUT2D eigenvalue weighted by Crippen LogP contribution is 2.26. The van der Waals surface area contributed by atoms with E-state index in [0.29, 0.717) is 12.3 Å². The first-order valence-electron chi connectivity index (χ1n) is 8.25. The van der Waals surface area contributed by atoms with E-state index in [4.69, 9.17) is 0 Å². The molecule has 2 aromatic carbocycles. The molecule has 1 aromatic heterocycles. The third-order valence-electron chi connectivity index (χ3n) is 3.80. The summed E-state index contributed by atoms with van der Waals surface area (Å²) in [6.45, 7) is 6.30. The van der Waals surface area contributed by atoms with Gasteiger partial charge in [-0.3, -0.25) is 4.79 Å². The monoisotopic (exact) mass is 384 g/mol. The lowest BCUT2D eigenvalue weighted by molar-refractivity contribution is -0.119. The summed E-state index contributed by atoms with van der Waals surface area (Å²) in [6.07, 6.45) is 1.76. The number of nitrogens with zero attached hydrogens (tertiary/aromatic N) is 2. The molecular formula is C19H20N4OS2. The summed E-state index contributed by atoms with van der Waals surface area (Å²) in [5.41, 5.74) is 1.12. The Balaban J connectivity index is 1.57. The number of nitrogens with one attached hydrogen (secondary N) is 2. The average molecular weight is 385 g/mol. The van der Waals surface area contributed by atoms with Crippen LogP contribution in [0, 0.1) is 0 Å². The quantitative estimate of drug-likeness (QED) is 0.449. The standard InChI is InChI=1S/C19H20N4OS2/c1-3-11-20-18-22-23-19(26-18)25-12-17(24)21-13(2)15-10-6-8-14-7-4-5-9-16(14)15/h3-10,13H,1,11-12H2,2H3,(H,20,22)(H,21,24)/t13-/m0/s1. The molecule has 0 saturated carbocycles. The van der Waals surface area contributed by atoms with Gasteiger partial charge in [-0.1, -0.05) is 71.6 Å². The fraction of sp³-hybridized carbons (Fsp3) is 0.211. The fourth-order valence-corrected chi connectivity index (χ4v) is 4.19. The van der Waals surface area contributed by atoms with Crippen molar-refractivity contribution in [2.45, 2.75) is 17.3 Å². The maximum atomic E-state index is 12.3. The lowest BCUT2D eigenvalue weighted by Crippen LogP contribution is -2.28. The maximum Gasteiger partial charge on any atom is 0.230 e. The lowest BCUT2D eigenvalue weighted by Gasteiger charge is -2.16. The van der Waals surface area contributed by atoms with Crippen LogP contribution in [0.3, 0.4) is 0 Å². The second-order valence-corrected chi connectivity index (χ2v) is 7.89. The Bertz CT molecular complexity index is 904. The average Bonchev–Trinajstić information content (AvgIpc) is 3.12. The molecule has 1 atom stereocenters. The van der Waals surface area contributed by atoms with Gasteiger partial charge in [-0.05, 0) is 23.3 Å². The van der Waals surface area contributed by atoms with Gasteiger partial charge in [0.05, 0.1) is 11.8 Å². The molecule has 0 saturated heterocycles. The van der Waals surface area contributed by atoms with Crippen LogP contribution in [-0.2, 0) is 4.79 Å². The molecule has 0 unspecified atom stereocenters. The second-order valence-electron chi connectivity index (χ2n) is 5.69. The van der Waals surface area contributed by atoms with Crippen LogP contribution in [0.2, 0.25) is 0 Å². The molecule has 0 bridgehead atoms. The molecular weight excluding hydrogens is 364 g/mol. The molecule has 0 aliphatic heterocycles. The molecule has 2 N–H and O–H groups in total. The van der Waals surface area contributed by atoms with Crippen molar-refractivity contribution in [3.63, 3.8) is 0 Å². The predicted octanol–water partition coefficient (Wildman–Crippen LogP) is 4.26. The molecule has 0 aliphatic rings. The van der Waals surface area contributed by atoms with Gasteiger partial charge in [0.2, 0.25) is 11.0 Å². The maximum absolute atomic E-state index is 12.3. The molecule has 26 heavy (non-hydrogen) atoms. The number of fused-ring (bicyclic) bond motifs is 1. The summed E-state index contributed by atoms with van der Waals surface area (Å²) >= 11 is 2.82. The molecule has 1 amide bonds. The highest BCUT2D eigenvalue weighted by Gasteiger charge is 2.13. The van der Waals surface area contributed by atoms with Crippen molar-refractivity contribution in [2.75, 3.05) is 17.6 Å². The van der Waals surface area contributed by atoms with Gasteiger partial charge in [-0.15, -0.1) is 16.8 Å². The van der Waals surface area contributed by atoms with Crippen molar-refractivity contribution >= 4 is 44.9 Å². The molecule has 0 aliphatic carbocycles. The van der Waals surface area contributed by atoms with Crippen molar-refractivity contribution < 1.29 is 4.79 Å². The van der Waals surface area contributed by atoms with Crippen LogP contribution in [0.4, 0.5) is 5.13 Å². The number of hydrogen-bond acceptors (Lipinski definition) is 6. The first-order chi connectivity index (χ1) is 12.7. The molecule has 3 aromatic rings. The van der Waals surface area contributed by atoms with Crippen molar-refractivity contribution in [2.24, 2.45) is 0 Å². The summed E-state index contributed by atoms with van der Waals surface area (Å²) < 4.78 is 0.768.